The van der Waals surface area contributed by atoms with Gasteiger partial charge in [0, 0.05) is 5.92 Å². The van der Waals surface area contributed by atoms with E-state index in [1.54, 1.807) is 12.3 Å². The van der Waals surface area contributed by atoms with Gasteiger partial charge in [0.1, 0.15) is 11.0 Å². The number of hydrogen-bond donors (Lipinski definition) is 0. The zero-order valence-corrected chi connectivity index (χ0v) is 11.3. The van der Waals surface area contributed by atoms with Gasteiger partial charge in [0.05, 0.1) is 23.2 Å². The van der Waals surface area contributed by atoms with E-state index in [2.05, 4.69) is 4.98 Å². The minimum Gasteiger partial charge on any atom is -0.287 e. The van der Waals surface area contributed by atoms with Gasteiger partial charge in [-0.25, -0.2) is 13.4 Å². The number of fused-ring (bicyclic) bond motifs is 1. The molecule has 0 bridgehead atoms. The van der Waals surface area contributed by atoms with Gasteiger partial charge in [-0.2, -0.15) is 0 Å². The fourth-order valence-electron chi connectivity index (χ4n) is 2.55. The summed E-state index contributed by atoms with van der Waals surface area (Å²) >= 11 is 6.17. The Morgan fingerprint density at radius 3 is 3.00 bits per heavy atom. The maximum atomic E-state index is 11.7. The van der Waals surface area contributed by atoms with E-state index in [4.69, 9.17) is 11.6 Å². The van der Waals surface area contributed by atoms with E-state index in [-0.39, 0.29) is 11.7 Å². The van der Waals surface area contributed by atoms with Crippen LogP contribution in [0.3, 0.4) is 0 Å². The van der Waals surface area contributed by atoms with Gasteiger partial charge in [-0.3, -0.25) is 4.40 Å². The van der Waals surface area contributed by atoms with Gasteiger partial charge < -0.3 is 0 Å². The third kappa shape index (κ3) is 2.01. The van der Waals surface area contributed by atoms with Crippen molar-refractivity contribution >= 4 is 27.0 Å². The molecule has 0 N–H and O–H groups in total. The first-order valence-corrected chi connectivity index (χ1v) is 8.09. The first-order valence-electron chi connectivity index (χ1n) is 5.89. The predicted octanol–water partition coefficient (Wildman–Crippen LogP) is 2.28. The standard InChI is InChI=1S/C12H13ClN2O2S/c13-11-5-1-4-10-7-14-12(15(10)11)9-3-2-6-18(16,17)8-9/h1,4-5,7,9H,2-3,6,8H2. The third-order valence-corrected chi connectivity index (χ3v) is 5.47. The van der Waals surface area contributed by atoms with E-state index in [1.807, 2.05) is 16.5 Å². The van der Waals surface area contributed by atoms with E-state index >= 15 is 0 Å². The smallest absolute Gasteiger partial charge is 0.151 e. The molecule has 1 aliphatic heterocycles. The Morgan fingerprint density at radius 2 is 2.22 bits per heavy atom. The van der Waals surface area contributed by atoms with Crippen LogP contribution in [-0.2, 0) is 9.84 Å². The largest absolute Gasteiger partial charge is 0.287 e. The van der Waals surface area contributed by atoms with Crippen LogP contribution in [0.2, 0.25) is 5.15 Å². The molecule has 1 fully saturated rings. The summed E-state index contributed by atoms with van der Waals surface area (Å²) in [6.07, 6.45) is 3.29. The molecule has 2 aromatic heterocycles. The molecule has 1 saturated heterocycles. The monoisotopic (exact) mass is 284 g/mol. The Labute approximate surface area is 111 Å². The molecule has 3 rings (SSSR count). The lowest BCUT2D eigenvalue weighted by Crippen LogP contribution is -2.25. The molecule has 0 aromatic carbocycles. The SMILES string of the molecule is O=S1(=O)CCCC(c2ncc3cccc(Cl)n23)C1. The Bertz CT molecular complexity index is 693. The molecule has 2 aromatic rings. The van der Waals surface area contributed by atoms with Gasteiger partial charge in [-0.1, -0.05) is 17.7 Å². The van der Waals surface area contributed by atoms with Crippen LogP contribution in [0.4, 0.5) is 0 Å². The molecule has 6 heteroatoms. The first kappa shape index (κ1) is 12.0. The predicted molar refractivity (Wildman–Crippen MR) is 70.8 cm³/mol. The van der Waals surface area contributed by atoms with Gasteiger partial charge >= 0.3 is 0 Å². The molecule has 0 amide bonds. The third-order valence-electron chi connectivity index (χ3n) is 3.36. The van der Waals surface area contributed by atoms with Crippen LogP contribution in [0.25, 0.3) is 5.52 Å². The lowest BCUT2D eigenvalue weighted by molar-refractivity contribution is 0.543. The van der Waals surface area contributed by atoms with Crippen molar-refractivity contribution in [3.63, 3.8) is 0 Å². The second kappa shape index (κ2) is 4.24. The quantitative estimate of drug-likeness (QED) is 0.755. The number of hydrogen-bond acceptors (Lipinski definition) is 3. The van der Waals surface area contributed by atoms with Gasteiger partial charge in [0.15, 0.2) is 9.84 Å². The van der Waals surface area contributed by atoms with Crippen molar-refractivity contribution in [1.29, 1.82) is 0 Å². The van der Waals surface area contributed by atoms with Crippen LogP contribution < -0.4 is 0 Å². The molecule has 4 nitrogen and oxygen atoms in total. The highest BCUT2D eigenvalue weighted by Crippen LogP contribution is 2.29. The van der Waals surface area contributed by atoms with E-state index in [0.29, 0.717) is 17.3 Å². The normalized spacial score (nSPS) is 23.3. The lowest BCUT2D eigenvalue weighted by atomic mass is 10.1. The van der Waals surface area contributed by atoms with Crippen LogP contribution in [0.15, 0.2) is 24.4 Å². The summed E-state index contributed by atoms with van der Waals surface area (Å²) in [6, 6.07) is 5.57. The fraction of sp³-hybridized carbons (Fsp3) is 0.417. The highest BCUT2D eigenvalue weighted by Gasteiger charge is 2.28. The van der Waals surface area contributed by atoms with Crippen LogP contribution in [0.1, 0.15) is 24.6 Å². The van der Waals surface area contributed by atoms with Gasteiger partial charge in [-0.05, 0) is 25.0 Å². The zero-order valence-electron chi connectivity index (χ0n) is 9.71. The van der Waals surface area contributed by atoms with Crippen LogP contribution >= 0.6 is 11.6 Å². The number of sulfone groups is 1. The number of nitrogens with zero attached hydrogens (tertiary/aromatic N) is 2. The average Bonchev–Trinajstić information content (AvgIpc) is 2.73. The molecule has 0 saturated carbocycles. The number of aromatic nitrogens is 2. The van der Waals surface area contributed by atoms with Crippen molar-refractivity contribution in [1.82, 2.24) is 9.38 Å². The maximum absolute atomic E-state index is 11.7. The molecule has 1 aliphatic rings. The molecule has 18 heavy (non-hydrogen) atoms. The topological polar surface area (TPSA) is 51.4 Å². The van der Waals surface area contributed by atoms with Gasteiger partial charge in [-0.15, -0.1) is 0 Å². The van der Waals surface area contributed by atoms with Crippen molar-refractivity contribution in [3.05, 3.63) is 35.4 Å². The molecule has 3 heterocycles. The van der Waals surface area contributed by atoms with E-state index in [0.717, 1.165) is 17.8 Å². The Kier molecular flexibility index (Phi) is 2.83. The van der Waals surface area contributed by atoms with Gasteiger partial charge in [0.2, 0.25) is 0 Å². The number of halogens is 1. The molecule has 1 unspecified atom stereocenters. The van der Waals surface area contributed by atoms with Crippen LogP contribution in [-0.4, -0.2) is 29.3 Å². The average molecular weight is 285 g/mol. The molecule has 0 radical (unpaired) electrons. The summed E-state index contributed by atoms with van der Waals surface area (Å²) in [5, 5.41) is 0.572. The summed E-state index contributed by atoms with van der Waals surface area (Å²) in [4.78, 5) is 4.36. The molecule has 96 valence electrons. The van der Waals surface area contributed by atoms with Crippen molar-refractivity contribution in [2.75, 3.05) is 11.5 Å². The molecular weight excluding hydrogens is 272 g/mol. The fourth-order valence-corrected chi connectivity index (χ4v) is 4.50. The lowest BCUT2D eigenvalue weighted by Gasteiger charge is -2.21. The number of imidazole rings is 1. The minimum atomic E-state index is -2.94. The number of pyridine rings is 1. The molecule has 1 atom stereocenters. The van der Waals surface area contributed by atoms with Crippen LogP contribution in [0, 0.1) is 0 Å². The molecule has 0 aliphatic carbocycles. The maximum Gasteiger partial charge on any atom is 0.151 e. The zero-order chi connectivity index (χ0) is 12.8. The van der Waals surface area contributed by atoms with E-state index in [1.165, 1.54) is 0 Å². The van der Waals surface area contributed by atoms with Crippen molar-refractivity contribution in [2.24, 2.45) is 0 Å². The summed E-state index contributed by atoms with van der Waals surface area (Å²) in [5.41, 5.74) is 0.903. The summed E-state index contributed by atoms with van der Waals surface area (Å²) < 4.78 is 25.3. The van der Waals surface area contributed by atoms with E-state index < -0.39 is 9.84 Å². The Hall–Kier alpha value is -1.07. The summed E-state index contributed by atoms with van der Waals surface area (Å²) in [5.74, 6) is 1.18. The van der Waals surface area contributed by atoms with Gasteiger partial charge in [0.25, 0.3) is 0 Å². The molecule has 0 spiro atoms. The van der Waals surface area contributed by atoms with E-state index in [9.17, 15) is 8.42 Å². The molecular formula is C12H13ClN2O2S. The number of rotatable bonds is 1. The van der Waals surface area contributed by atoms with Crippen molar-refractivity contribution in [3.8, 4) is 0 Å². The van der Waals surface area contributed by atoms with Crippen molar-refractivity contribution in [2.45, 2.75) is 18.8 Å². The minimum absolute atomic E-state index is 0.0499. The highest BCUT2D eigenvalue weighted by molar-refractivity contribution is 7.91. The Morgan fingerprint density at radius 1 is 1.39 bits per heavy atom. The first-order chi connectivity index (χ1) is 8.57. The highest BCUT2D eigenvalue weighted by atomic mass is 35.5. The van der Waals surface area contributed by atoms with Crippen LogP contribution in [0.5, 0.6) is 0 Å². The summed E-state index contributed by atoms with van der Waals surface area (Å²) in [6.45, 7) is 0. The second-order valence-electron chi connectivity index (χ2n) is 4.68. The van der Waals surface area contributed by atoms with Crippen molar-refractivity contribution < 1.29 is 8.42 Å². The summed E-state index contributed by atoms with van der Waals surface area (Å²) in [7, 11) is -2.94. The Balaban J connectivity index is 2.09. The second-order valence-corrected chi connectivity index (χ2v) is 7.29.